The van der Waals surface area contributed by atoms with E-state index in [2.05, 4.69) is 10.1 Å². The average Bonchev–Trinajstić information content (AvgIpc) is 3.24. The second kappa shape index (κ2) is 9.22. The molecule has 2 N–H and O–H groups in total. The summed E-state index contributed by atoms with van der Waals surface area (Å²) in [5, 5.41) is 20.2. The molecule has 4 aromatic rings. The Labute approximate surface area is 193 Å². The van der Waals surface area contributed by atoms with E-state index in [4.69, 9.17) is 9.66 Å². The number of aromatic nitrogens is 2. The number of rotatable bonds is 7. The SMILES string of the molecule is CC(C)(C[C@H](Cc1nc(C#N)ccc1F)c1ccccc1-c1noc2ccccc12)S(N)=O. The zero-order valence-corrected chi connectivity index (χ0v) is 19.1. The van der Waals surface area contributed by atoms with Crippen LogP contribution in [0.15, 0.2) is 65.2 Å². The van der Waals surface area contributed by atoms with E-state index in [1.807, 2.05) is 68.4 Å². The van der Waals surface area contributed by atoms with Crippen molar-refractivity contribution in [2.45, 2.75) is 37.4 Å². The van der Waals surface area contributed by atoms with Crippen molar-refractivity contribution in [3.63, 3.8) is 0 Å². The minimum atomic E-state index is -1.61. The molecule has 0 radical (unpaired) electrons. The van der Waals surface area contributed by atoms with Crippen LogP contribution in [-0.4, -0.2) is 19.1 Å². The van der Waals surface area contributed by atoms with Crippen LogP contribution in [0.25, 0.3) is 22.2 Å². The molecule has 2 atom stereocenters. The number of hydrogen-bond donors (Lipinski definition) is 1. The van der Waals surface area contributed by atoms with Crippen LogP contribution < -0.4 is 5.14 Å². The Balaban J connectivity index is 1.85. The van der Waals surface area contributed by atoms with Gasteiger partial charge < -0.3 is 4.52 Å². The molecule has 0 aliphatic heterocycles. The first kappa shape index (κ1) is 22.8. The third-order valence-electron chi connectivity index (χ3n) is 5.79. The number of para-hydroxylation sites is 1. The number of nitrogens with two attached hydrogens (primary N) is 1. The molecule has 2 aromatic carbocycles. The van der Waals surface area contributed by atoms with E-state index < -0.39 is 21.5 Å². The average molecular weight is 463 g/mol. The minimum Gasteiger partial charge on any atom is -0.356 e. The molecule has 0 amide bonds. The summed E-state index contributed by atoms with van der Waals surface area (Å²) in [6.07, 6.45) is 0.607. The summed E-state index contributed by atoms with van der Waals surface area (Å²) in [5.41, 5.74) is 3.38. The molecule has 0 fully saturated rings. The lowest BCUT2D eigenvalue weighted by atomic mass is 9.82. The van der Waals surface area contributed by atoms with Crippen LogP contribution >= 0.6 is 0 Å². The van der Waals surface area contributed by atoms with Crippen molar-refractivity contribution in [3.05, 3.63) is 83.4 Å². The quantitative estimate of drug-likeness (QED) is 0.415. The first-order valence-electron chi connectivity index (χ1n) is 10.5. The highest BCUT2D eigenvalue weighted by Gasteiger charge is 2.31. The summed E-state index contributed by atoms with van der Waals surface area (Å²) in [5.74, 6) is -0.787. The summed E-state index contributed by atoms with van der Waals surface area (Å²) in [7, 11) is -1.61. The van der Waals surface area contributed by atoms with Gasteiger partial charge in [0.25, 0.3) is 0 Å². The molecule has 1 unspecified atom stereocenters. The maximum absolute atomic E-state index is 14.7. The largest absolute Gasteiger partial charge is 0.356 e. The lowest BCUT2D eigenvalue weighted by Gasteiger charge is -2.29. The Kier molecular flexibility index (Phi) is 6.36. The van der Waals surface area contributed by atoms with Crippen molar-refractivity contribution in [2.75, 3.05) is 0 Å². The molecule has 0 spiro atoms. The number of nitrogens with zero attached hydrogens (tertiary/aromatic N) is 3. The highest BCUT2D eigenvalue weighted by Crippen LogP contribution is 2.39. The summed E-state index contributed by atoms with van der Waals surface area (Å²) in [6.45, 7) is 3.64. The van der Waals surface area contributed by atoms with Crippen LogP contribution in [0.4, 0.5) is 4.39 Å². The van der Waals surface area contributed by atoms with Gasteiger partial charge in [-0.2, -0.15) is 5.26 Å². The molecular weight excluding hydrogens is 439 g/mol. The van der Waals surface area contributed by atoms with Gasteiger partial charge in [0.05, 0.1) is 21.4 Å². The fraction of sp³-hybridized carbons (Fsp3) is 0.240. The van der Waals surface area contributed by atoms with E-state index in [-0.39, 0.29) is 23.7 Å². The van der Waals surface area contributed by atoms with Gasteiger partial charge in [0.2, 0.25) is 0 Å². The topological polar surface area (TPSA) is 106 Å². The lowest BCUT2D eigenvalue weighted by molar-refractivity contribution is 0.459. The first-order valence-corrected chi connectivity index (χ1v) is 11.7. The number of hydrogen-bond acceptors (Lipinski definition) is 5. The van der Waals surface area contributed by atoms with Crippen molar-refractivity contribution < 1.29 is 13.1 Å². The molecule has 0 saturated carbocycles. The van der Waals surface area contributed by atoms with Crippen LogP contribution in [0.3, 0.4) is 0 Å². The fourth-order valence-corrected chi connectivity index (χ4v) is 4.41. The van der Waals surface area contributed by atoms with Crippen LogP contribution in [0, 0.1) is 17.1 Å². The highest BCUT2D eigenvalue weighted by molar-refractivity contribution is 7.84. The molecule has 168 valence electrons. The molecule has 0 aliphatic rings. The summed E-state index contributed by atoms with van der Waals surface area (Å²) < 4.78 is 31.7. The number of fused-ring (bicyclic) bond motifs is 1. The number of benzene rings is 2. The highest BCUT2D eigenvalue weighted by atomic mass is 32.2. The molecule has 2 heterocycles. The molecule has 0 saturated heterocycles. The number of pyridine rings is 1. The Morgan fingerprint density at radius 1 is 1.15 bits per heavy atom. The normalized spacial score (nSPS) is 13.5. The molecule has 33 heavy (non-hydrogen) atoms. The van der Waals surface area contributed by atoms with Gasteiger partial charge in [0, 0.05) is 10.9 Å². The van der Waals surface area contributed by atoms with Gasteiger partial charge in [-0.25, -0.2) is 13.6 Å². The Bertz CT molecular complexity index is 1380. The van der Waals surface area contributed by atoms with Gasteiger partial charge in [-0.05, 0) is 62.4 Å². The van der Waals surface area contributed by atoms with Crippen molar-refractivity contribution >= 4 is 22.0 Å². The molecule has 8 heteroatoms. The van der Waals surface area contributed by atoms with Gasteiger partial charge in [0.15, 0.2) is 5.58 Å². The van der Waals surface area contributed by atoms with Gasteiger partial charge in [-0.15, -0.1) is 0 Å². The monoisotopic (exact) mass is 462 g/mol. The molecule has 0 aliphatic carbocycles. The van der Waals surface area contributed by atoms with E-state index in [9.17, 15) is 13.9 Å². The Morgan fingerprint density at radius 3 is 2.64 bits per heavy atom. The molecular formula is C25H23FN4O2S. The van der Waals surface area contributed by atoms with E-state index in [0.29, 0.717) is 17.7 Å². The predicted octanol–water partition coefficient (Wildman–Crippen LogP) is 5.02. The van der Waals surface area contributed by atoms with Gasteiger partial charge in [0.1, 0.15) is 23.3 Å². The van der Waals surface area contributed by atoms with E-state index >= 15 is 0 Å². The van der Waals surface area contributed by atoms with E-state index in [1.165, 1.54) is 12.1 Å². The number of halogens is 1. The maximum atomic E-state index is 14.7. The molecule has 4 rings (SSSR count). The lowest BCUT2D eigenvalue weighted by Crippen LogP contribution is -2.34. The second-order valence-electron chi connectivity index (χ2n) is 8.51. The van der Waals surface area contributed by atoms with E-state index in [0.717, 1.165) is 16.5 Å². The fourth-order valence-electron chi connectivity index (χ4n) is 4.04. The maximum Gasteiger partial charge on any atom is 0.167 e. The molecule has 0 bridgehead atoms. The Morgan fingerprint density at radius 2 is 1.88 bits per heavy atom. The van der Waals surface area contributed by atoms with Crippen LogP contribution in [-0.2, 0) is 17.4 Å². The third-order valence-corrected chi connectivity index (χ3v) is 7.04. The Hall–Kier alpha value is -3.41. The summed E-state index contributed by atoms with van der Waals surface area (Å²) >= 11 is 0. The predicted molar refractivity (Wildman–Crippen MR) is 126 cm³/mol. The van der Waals surface area contributed by atoms with Crippen molar-refractivity contribution in [2.24, 2.45) is 5.14 Å². The van der Waals surface area contributed by atoms with Crippen LogP contribution in [0.1, 0.15) is 43.1 Å². The van der Waals surface area contributed by atoms with Gasteiger partial charge >= 0.3 is 0 Å². The van der Waals surface area contributed by atoms with Crippen molar-refractivity contribution in [3.8, 4) is 17.3 Å². The van der Waals surface area contributed by atoms with Gasteiger partial charge in [-0.3, -0.25) is 5.14 Å². The molecule has 6 nitrogen and oxygen atoms in total. The zero-order valence-electron chi connectivity index (χ0n) is 18.3. The second-order valence-corrected chi connectivity index (χ2v) is 10.2. The van der Waals surface area contributed by atoms with Crippen LogP contribution in [0.5, 0.6) is 0 Å². The standard InChI is InChI=1S/C25H23FN4O2S/c1-25(2,33(28)31)14-16(13-22-21(26)12-11-17(15-27)29-22)18-7-3-4-8-19(18)24-20-9-5-6-10-23(20)32-30-24/h3-12,16H,13-14,28H2,1-2H3/t16-,33?/m0/s1. The van der Waals surface area contributed by atoms with Gasteiger partial charge in [-0.1, -0.05) is 41.6 Å². The molecule has 2 aromatic heterocycles. The zero-order chi connectivity index (χ0) is 23.6. The number of nitriles is 1. The summed E-state index contributed by atoms with van der Waals surface area (Å²) in [4.78, 5) is 4.20. The summed E-state index contributed by atoms with van der Waals surface area (Å²) in [6, 6.07) is 19.8. The first-order chi connectivity index (χ1) is 15.8. The smallest absolute Gasteiger partial charge is 0.167 e. The van der Waals surface area contributed by atoms with Crippen LogP contribution in [0.2, 0.25) is 0 Å². The van der Waals surface area contributed by atoms with E-state index in [1.54, 1.807) is 0 Å². The van der Waals surface area contributed by atoms with Crippen molar-refractivity contribution in [1.29, 1.82) is 5.26 Å². The van der Waals surface area contributed by atoms with Crippen molar-refractivity contribution in [1.82, 2.24) is 10.1 Å². The minimum absolute atomic E-state index is 0.141. The third kappa shape index (κ3) is 4.70.